The van der Waals surface area contributed by atoms with Crippen LogP contribution in [0.5, 0.6) is 0 Å². The van der Waals surface area contributed by atoms with Crippen LogP contribution < -0.4 is 0 Å². The third-order valence-electron chi connectivity index (χ3n) is 2.99. The molecule has 0 unspecified atom stereocenters. The molecule has 110 valence electrons. The quantitative estimate of drug-likeness (QED) is 0.644. The van der Waals surface area contributed by atoms with Crippen LogP contribution in [0.15, 0.2) is 70.0 Å². The Morgan fingerprint density at radius 2 is 1.48 bits per heavy atom. The third kappa shape index (κ3) is 4.16. The lowest BCUT2D eigenvalue weighted by Crippen LogP contribution is -2.25. The van der Waals surface area contributed by atoms with E-state index in [2.05, 4.69) is 4.40 Å². The molecule has 0 aliphatic carbocycles. The topological polar surface area (TPSA) is 49.7 Å². The van der Waals surface area contributed by atoms with Crippen molar-refractivity contribution in [3.63, 3.8) is 0 Å². The van der Waals surface area contributed by atoms with E-state index in [4.69, 9.17) is 0 Å². The lowest BCUT2D eigenvalue weighted by Gasteiger charge is -2.15. The minimum absolute atomic E-state index is 0.206. The van der Waals surface area contributed by atoms with Crippen LogP contribution in [0.4, 0.5) is 0 Å². The zero-order valence-corrected chi connectivity index (χ0v) is 12.9. The molecule has 0 aliphatic heterocycles. The van der Waals surface area contributed by atoms with E-state index in [1.165, 1.54) is 0 Å². The van der Waals surface area contributed by atoms with E-state index < -0.39 is 10.0 Å². The first-order valence-corrected chi connectivity index (χ1v) is 8.03. The molecule has 0 fully saturated rings. The van der Waals surface area contributed by atoms with Crippen LogP contribution in [0.3, 0.4) is 0 Å². The maximum Gasteiger partial charge on any atom is 0.283 e. The summed E-state index contributed by atoms with van der Waals surface area (Å²) in [5, 5.41) is 0. The number of hydrogen-bond acceptors (Lipinski definition) is 2. The SMILES string of the molecule is CN(C)C(Cc1ccccc1)=NS(=O)(=O)c1ccccc1. The Bertz CT molecular complexity index is 708. The second-order valence-corrected chi connectivity index (χ2v) is 6.46. The van der Waals surface area contributed by atoms with Crippen LogP contribution in [-0.2, 0) is 16.4 Å². The van der Waals surface area contributed by atoms with Gasteiger partial charge in [0, 0.05) is 20.5 Å². The fourth-order valence-corrected chi connectivity index (χ4v) is 2.95. The van der Waals surface area contributed by atoms with Crippen LogP contribution in [0.2, 0.25) is 0 Å². The first kappa shape index (κ1) is 15.3. The van der Waals surface area contributed by atoms with Crippen molar-refractivity contribution >= 4 is 15.9 Å². The molecule has 0 N–H and O–H groups in total. The van der Waals surface area contributed by atoms with Crippen molar-refractivity contribution in [1.29, 1.82) is 0 Å². The largest absolute Gasteiger partial charge is 0.365 e. The molecule has 2 rings (SSSR count). The average molecular weight is 302 g/mol. The van der Waals surface area contributed by atoms with Gasteiger partial charge in [-0.1, -0.05) is 48.5 Å². The highest BCUT2D eigenvalue weighted by molar-refractivity contribution is 7.90. The van der Waals surface area contributed by atoms with Crippen molar-refractivity contribution in [1.82, 2.24) is 4.90 Å². The van der Waals surface area contributed by atoms with Crippen LogP contribution in [-0.4, -0.2) is 33.2 Å². The summed E-state index contributed by atoms with van der Waals surface area (Å²) >= 11 is 0. The number of amidine groups is 1. The maximum atomic E-state index is 12.3. The Morgan fingerprint density at radius 1 is 0.952 bits per heavy atom. The second-order valence-electron chi connectivity index (χ2n) is 4.85. The summed E-state index contributed by atoms with van der Waals surface area (Å²) in [6.45, 7) is 0. The van der Waals surface area contributed by atoms with Crippen LogP contribution in [0.25, 0.3) is 0 Å². The number of sulfonamides is 1. The summed E-state index contributed by atoms with van der Waals surface area (Å²) in [5.41, 5.74) is 1.02. The Labute approximate surface area is 125 Å². The van der Waals surface area contributed by atoms with E-state index in [0.717, 1.165) is 5.56 Å². The number of nitrogens with zero attached hydrogens (tertiary/aromatic N) is 2. The fraction of sp³-hybridized carbons (Fsp3) is 0.188. The molecular weight excluding hydrogens is 284 g/mol. The smallest absolute Gasteiger partial charge is 0.283 e. The zero-order chi connectivity index (χ0) is 15.3. The lowest BCUT2D eigenvalue weighted by atomic mass is 10.1. The van der Waals surface area contributed by atoms with Gasteiger partial charge >= 0.3 is 0 Å². The second kappa shape index (κ2) is 6.54. The van der Waals surface area contributed by atoms with Gasteiger partial charge in [0.1, 0.15) is 5.84 Å². The van der Waals surface area contributed by atoms with Crippen molar-refractivity contribution in [2.45, 2.75) is 11.3 Å². The molecule has 0 amide bonds. The zero-order valence-electron chi connectivity index (χ0n) is 12.1. The van der Waals surface area contributed by atoms with Gasteiger partial charge in [-0.25, -0.2) is 0 Å². The van der Waals surface area contributed by atoms with E-state index in [0.29, 0.717) is 12.3 Å². The standard InChI is InChI=1S/C16H18N2O2S/c1-18(2)16(13-14-9-5-3-6-10-14)17-21(19,20)15-11-7-4-8-12-15/h3-12H,13H2,1-2H3. The maximum absolute atomic E-state index is 12.3. The van der Waals surface area contributed by atoms with Gasteiger partial charge in [-0.3, -0.25) is 0 Å². The summed E-state index contributed by atoms with van der Waals surface area (Å²) in [7, 11) is -0.0905. The average Bonchev–Trinajstić information content (AvgIpc) is 2.48. The van der Waals surface area contributed by atoms with E-state index in [-0.39, 0.29) is 4.90 Å². The van der Waals surface area contributed by atoms with Crippen molar-refractivity contribution < 1.29 is 8.42 Å². The van der Waals surface area contributed by atoms with Crippen molar-refractivity contribution in [2.24, 2.45) is 4.40 Å². The van der Waals surface area contributed by atoms with Crippen LogP contribution in [0, 0.1) is 0 Å². The monoisotopic (exact) mass is 302 g/mol. The molecule has 0 atom stereocenters. The van der Waals surface area contributed by atoms with E-state index in [1.54, 1.807) is 49.3 Å². The van der Waals surface area contributed by atoms with Gasteiger partial charge in [0.05, 0.1) is 4.90 Å². The molecule has 5 heteroatoms. The van der Waals surface area contributed by atoms with Crippen LogP contribution >= 0.6 is 0 Å². The molecule has 21 heavy (non-hydrogen) atoms. The van der Waals surface area contributed by atoms with Gasteiger partial charge in [0.25, 0.3) is 10.0 Å². The Hall–Kier alpha value is -2.14. The lowest BCUT2D eigenvalue weighted by molar-refractivity contribution is 0.588. The highest BCUT2D eigenvalue weighted by atomic mass is 32.2. The van der Waals surface area contributed by atoms with Gasteiger partial charge < -0.3 is 4.90 Å². The Balaban J connectivity index is 2.34. The minimum atomic E-state index is -3.68. The molecule has 0 spiro atoms. The molecule has 4 nitrogen and oxygen atoms in total. The van der Waals surface area contributed by atoms with Crippen molar-refractivity contribution in [3.8, 4) is 0 Å². The summed E-state index contributed by atoms with van der Waals surface area (Å²) in [5.74, 6) is 0.505. The third-order valence-corrected chi connectivity index (χ3v) is 4.31. The number of benzene rings is 2. The van der Waals surface area contributed by atoms with E-state index in [9.17, 15) is 8.42 Å². The van der Waals surface area contributed by atoms with E-state index >= 15 is 0 Å². The molecule has 0 bridgehead atoms. The summed E-state index contributed by atoms with van der Waals surface area (Å²) in [4.78, 5) is 1.94. The predicted molar refractivity (Wildman–Crippen MR) is 84.9 cm³/mol. The Morgan fingerprint density at radius 3 is 2.00 bits per heavy atom. The number of hydrogen-bond donors (Lipinski definition) is 0. The predicted octanol–water partition coefficient (Wildman–Crippen LogP) is 2.58. The van der Waals surface area contributed by atoms with Crippen molar-refractivity contribution in [3.05, 3.63) is 66.2 Å². The molecule has 0 radical (unpaired) electrons. The van der Waals surface area contributed by atoms with Gasteiger partial charge in [0.2, 0.25) is 0 Å². The fourth-order valence-electron chi connectivity index (χ4n) is 1.83. The highest BCUT2D eigenvalue weighted by Gasteiger charge is 2.15. The van der Waals surface area contributed by atoms with Crippen LogP contribution in [0.1, 0.15) is 5.56 Å². The van der Waals surface area contributed by atoms with Gasteiger partial charge in [0.15, 0.2) is 0 Å². The first-order chi connectivity index (χ1) is 9.99. The molecule has 0 aliphatic rings. The number of rotatable bonds is 4. The normalized spacial score (nSPS) is 12.2. The minimum Gasteiger partial charge on any atom is -0.365 e. The van der Waals surface area contributed by atoms with E-state index in [1.807, 2.05) is 30.3 Å². The van der Waals surface area contributed by atoms with Crippen molar-refractivity contribution in [2.75, 3.05) is 14.1 Å². The molecule has 0 heterocycles. The molecule has 0 saturated carbocycles. The molecule has 2 aromatic rings. The summed E-state index contributed by atoms with van der Waals surface area (Å²) in [6.07, 6.45) is 0.472. The van der Waals surface area contributed by atoms with Gasteiger partial charge in [-0.15, -0.1) is 4.40 Å². The molecule has 0 aromatic heterocycles. The summed E-state index contributed by atoms with van der Waals surface area (Å²) < 4.78 is 28.6. The molecule has 2 aromatic carbocycles. The van der Waals surface area contributed by atoms with Gasteiger partial charge in [-0.05, 0) is 17.7 Å². The highest BCUT2D eigenvalue weighted by Crippen LogP contribution is 2.13. The van der Waals surface area contributed by atoms with Gasteiger partial charge in [-0.2, -0.15) is 8.42 Å². The molecule has 0 saturated heterocycles. The molecular formula is C16H18N2O2S. The summed E-state index contributed by atoms with van der Waals surface area (Å²) in [6, 6.07) is 17.9. The Kier molecular flexibility index (Phi) is 4.75. The number of likely N-dealkylation sites (N-methyl/N-ethyl adjacent to an activating group) is 1. The first-order valence-electron chi connectivity index (χ1n) is 6.59.